The molecule has 114 valence electrons. The molecule has 0 aliphatic rings. The average Bonchev–Trinajstić information content (AvgIpc) is 2.86. The minimum absolute atomic E-state index is 0.148. The molecule has 2 rings (SSSR count). The Labute approximate surface area is 127 Å². The highest BCUT2D eigenvalue weighted by Gasteiger charge is 2.22. The molecule has 2 aromatic rings. The monoisotopic (exact) mass is 307 g/mol. The van der Waals surface area contributed by atoms with Crippen LogP contribution in [0, 0.1) is 0 Å². The summed E-state index contributed by atoms with van der Waals surface area (Å²) in [6.07, 6.45) is 2.88. The van der Waals surface area contributed by atoms with Gasteiger partial charge in [0.25, 0.3) is 5.56 Å². The van der Waals surface area contributed by atoms with Gasteiger partial charge in [-0.25, -0.2) is 4.98 Å². The van der Waals surface area contributed by atoms with Gasteiger partial charge in [-0.2, -0.15) is 0 Å². The van der Waals surface area contributed by atoms with Gasteiger partial charge in [-0.1, -0.05) is 20.8 Å². The summed E-state index contributed by atoms with van der Waals surface area (Å²) in [6, 6.07) is 1.26. The van der Waals surface area contributed by atoms with E-state index < -0.39 is 11.9 Å². The van der Waals surface area contributed by atoms with Crippen LogP contribution in [0.3, 0.4) is 0 Å². The van der Waals surface area contributed by atoms with Crippen LogP contribution in [0.4, 0.5) is 0 Å². The number of nitrogens with two attached hydrogens (primary N) is 1. The molecule has 0 aliphatic heterocycles. The molecule has 1 amide bonds. The van der Waals surface area contributed by atoms with Gasteiger partial charge in [-0.05, 0) is 25.3 Å². The van der Waals surface area contributed by atoms with Gasteiger partial charge >= 0.3 is 0 Å². The molecule has 2 heterocycles. The van der Waals surface area contributed by atoms with Crippen LogP contribution < -0.4 is 11.3 Å². The Balaban J connectivity index is 2.76. The summed E-state index contributed by atoms with van der Waals surface area (Å²) in [5, 5.41) is 0.594. The second-order valence-electron chi connectivity index (χ2n) is 5.06. The second kappa shape index (κ2) is 6.39. The molecule has 2 N–H and O–H groups in total. The SMILES string of the molecule is CCCc1nc2sc(CC)cc2c(=O)n1C(CC)C(N)=O. The summed E-state index contributed by atoms with van der Waals surface area (Å²) in [7, 11) is 0. The third-order valence-corrected chi connectivity index (χ3v) is 4.74. The van der Waals surface area contributed by atoms with Crippen LogP contribution in [0.2, 0.25) is 0 Å². The van der Waals surface area contributed by atoms with Crippen molar-refractivity contribution in [3.05, 3.63) is 27.1 Å². The number of hydrogen-bond acceptors (Lipinski definition) is 4. The molecule has 5 nitrogen and oxygen atoms in total. The highest BCUT2D eigenvalue weighted by atomic mass is 32.1. The first kappa shape index (κ1) is 15.7. The maximum Gasteiger partial charge on any atom is 0.263 e. The molecule has 0 saturated heterocycles. The molecule has 0 radical (unpaired) electrons. The zero-order valence-electron chi connectivity index (χ0n) is 12.7. The highest BCUT2D eigenvalue weighted by Crippen LogP contribution is 2.24. The smallest absolute Gasteiger partial charge is 0.263 e. The van der Waals surface area contributed by atoms with E-state index in [0.29, 0.717) is 24.1 Å². The summed E-state index contributed by atoms with van der Waals surface area (Å²) in [5.41, 5.74) is 5.32. The van der Waals surface area contributed by atoms with Crippen molar-refractivity contribution < 1.29 is 4.79 Å². The largest absolute Gasteiger partial charge is 0.368 e. The van der Waals surface area contributed by atoms with Crippen molar-refractivity contribution in [2.24, 2.45) is 5.73 Å². The number of carbonyl (C=O) groups excluding carboxylic acids is 1. The van der Waals surface area contributed by atoms with E-state index in [9.17, 15) is 9.59 Å². The van der Waals surface area contributed by atoms with E-state index in [1.807, 2.05) is 19.9 Å². The van der Waals surface area contributed by atoms with Gasteiger partial charge in [0.15, 0.2) is 0 Å². The topological polar surface area (TPSA) is 78.0 Å². The van der Waals surface area contributed by atoms with Gasteiger partial charge in [0, 0.05) is 11.3 Å². The lowest BCUT2D eigenvalue weighted by atomic mass is 10.1. The third-order valence-electron chi connectivity index (χ3n) is 3.57. The molecule has 1 atom stereocenters. The third kappa shape index (κ3) is 2.85. The van der Waals surface area contributed by atoms with Crippen molar-refractivity contribution in [1.82, 2.24) is 9.55 Å². The van der Waals surface area contributed by atoms with Gasteiger partial charge in [-0.3, -0.25) is 14.2 Å². The zero-order chi connectivity index (χ0) is 15.6. The van der Waals surface area contributed by atoms with E-state index in [2.05, 4.69) is 11.9 Å². The first-order chi connectivity index (χ1) is 10.0. The van der Waals surface area contributed by atoms with E-state index in [1.165, 1.54) is 4.57 Å². The van der Waals surface area contributed by atoms with Crippen LogP contribution in [-0.2, 0) is 17.6 Å². The highest BCUT2D eigenvalue weighted by molar-refractivity contribution is 7.18. The number of nitrogens with zero attached hydrogens (tertiary/aromatic N) is 2. The molecular weight excluding hydrogens is 286 g/mol. The fourth-order valence-electron chi connectivity index (χ4n) is 2.49. The minimum Gasteiger partial charge on any atom is -0.368 e. The number of thiophene rings is 1. The molecule has 21 heavy (non-hydrogen) atoms. The van der Waals surface area contributed by atoms with Gasteiger partial charge in [0.05, 0.1) is 5.39 Å². The van der Waals surface area contributed by atoms with Crippen molar-refractivity contribution in [2.45, 2.75) is 52.5 Å². The number of aryl methyl sites for hydroxylation is 2. The van der Waals surface area contributed by atoms with Gasteiger partial charge in [0.2, 0.25) is 5.91 Å². The molecule has 0 saturated carbocycles. The molecule has 0 bridgehead atoms. The Morgan fingerprint density at radius 1 is 1.43 bits per heavy atom. The number of fused-ring (bicyclic) bond motifs is 1. The fraction of sp³-hybridized carbons (Fsp3) is 0.533. The van der Waals surface area contributed by atoms with Crippen molar-refractivity contribution in [2.75, 3.05) is 0 Å². The molecule has 1 unspecified atom stereocenters. The van der Waals surface area contributed by atoms with Crippen molar-refractivity contribution in [3.8, 4) is 0 Å². The molecule has 0 fully saturated rings. The Kier molecular flexibility index (Phi) is 4.77. The number of carbonyl (C=O) groups is 1. The van der Waals surface area contributed by atoms with Crippen LogP contribution in [0.15, 0.2) is 10.9 Å². The molecular formula is C15H21N3O2S. The van der Waals surface area contributed by atoms with E-state index in [-0.39, 0.29) is 5.56 Å². The Bertz CT molecular complexity index is 718. The van der Waals surface area contributed by atoms with Gasteiger partial charge in [0.1, 0.15) is 16.7 Å². The van der Waals surface area contributed by atoms with Crippen LogP contribution in [-0.4, -0.2) is 15.5 Å². The molecule has 0 spiro atoms. The Morgan fingerprint density at radius 2 is 2.14 bits per heavy atom. The predicted molar refractivity (Wildman–Crippen MR) is 85.8 cm³/mol. The number of hydrogen-bond donors (Lipinski definition) is 1. The molecule has 0 aliphatic carbocycles. The lowest BCUT2D eigenvalue weighted by Gasteiger charge is -2.18. The van der Waals surface area contributed by atoms with E-state index in [1.54, 1.807) is 11.3 Å². The van der Waals surface area contributed by atoms with Crippen LogP contribution >= 0.6 is 11.3 Å². The number of rotatable bonds is 6. The van der Waals surface area contributed by atoms with Crippen molar-refractivity contribution >= 4 is 27.5 Å². The first-order valence-electron chi connectivity index (χ1n) is 7.36. The number of amides is 1. The van der Waals surface area contributed by atoms with Crippen molar-refractivity contribution in [1.29, 1.82) is 0 Å². The molecule has 6 heteroatoms. The average molecular weight is 307 g/mol. The maximum atomic E-state index is 12.8. The Morgan fingerprint density at radius 3 is 2.67 bits per heavy atom. The molecule has 2 aromatic heterocycles. The quantitative estimate of drug-likeness (QED) is 0.890. The molecule has 0 aromatic carbocycles. The van der Waals surface area contributed by atoms with Crippen LogP contribution in [0.1, 0.15) is 50.4 Å². The second-order valence-corrected chi connectivity index (χ2v) is 6.18. The Hall–Kier alpha value is -1.69. The summed E-state index contributed by atoms with van der Waals surface area (Å²) >= 11 is 1.55. The minimum atomic E-state index is -0.624. The van der Waals surface area contributed by atoms with Crippen LogP contribution in [0.25, 0.3) is 10.2 Å². The standard InChI is InChI=1S/C15H21N3O2S/c1-4-7-12-17-14-10(8-9(5-2)21-14)15(20)18(12)11(6-3)13(16)19/h8,11H,4-7H2,1-3H3,(H2,16,19). The fourth-order valence-corrected chi connectivity index (χ4v) is 3.47. The lowest BCUT2D eigenvalue weighted by molar-refractivity contribution is -0.121. The van der Waals surface area contributed by atoms with Crippen molar-refractivity contribution in [3.63, 3.8) is 0 Å². The van der Waals surface area contributed by atoms with E-state index in [4.69, 9.17) is 5.73 Å². The first-order valence-corrected chi connectivity index (χ1v) is 8.18. The number of aromatic nitrogens is 2. The summed E-state index contributed by atoms with van der Waals surface area (Å²) < 4.78 is 1.50. The van der Waals surface area contributed by atoms with Gasteiger partial charge in [-0.15, -0.1) is 11.3 Å². The zero-order valence-corrected chi connectivity index (χ0v) is 13.5. The van der Waals surface area contributed by atoms with E-state index >= 15 is 0 Å². The normalized spacial score (nSPS) is 12.7. The van der Waals surface area contributed by atoms with Crippen LogP contribution in [0.5, 0.6) is 0 Å². The number of primary amides is 1. The lowest BCUT2D eigenvalue weighted by Crippen LogP contribution is -2.36. The summed E-state index contributed by atoms with van der Waals surface area (Å²) in [5.74, 6) is 0.175. The maximum absolute atomic E-state index is 12.8. The summed E-state index contributed by atoms with van der Waals surface area (Å²) in [6.45, 7) is 5.93. The van der Waals surface area contributed by atoms with Gasteiger partial charge < -0.3 is 5.73 Å². The summed E-state index contributed by atoms with van der Waals surface area (Å²) in [4.78, 5) is 31.0. The van der Waals surface area contributed by atoms with E-state index in [0.717, 1.165) is 22.5 Å². The predicted octanol–water partition coefficient (Wildman–Crippen LogP) is 2.41.